The summed E-state index contributed by atoms with van der Waals surface area (Å²) in [5.74, 6) is 0.439. The summed E-state index contributed by atoms with van der Waals surface area (Å²) in [5, 5.41) is 9.17. The summed E-state index contributed by atoms with van der Waals surface area (Å²) in [6.07, 6.45) is 3.21. The highest BCUT2D eigenvalue weighted by Gasteiger charge is 2.29. The van der Waals surface area contributed by atoms with E-state index in [0.717, 1.165) is 17.3 Å². The third-order valence-electron chi connectivity index (χ3n) is 2.97. The highest BCUT2D eigenvalue weighted by molar-refractivity contribution is 9.10. The van der Waals surface area contributed by atoms with Crippen LogP contribution in [0.2, 0.25) is 0 Å². The molecule has 16 heavy (non-hydrogen) atoms. The van der Waals surface area contributed by atoms with Gasteiger partial charge in [-0.15, -0.1) is 0 Å². The zero-order valence-corrected chi connectivity index (χ0v) is 10.7. The number of nitrogens with one attached hydrogen (secondary N) is 1. The second kappa shape index (κ2) is 4.59. The maximum Gasteiger partial charge on any atom is 0.270 e. The molecule has 0 bridgehead atoms. The molecule has 0 aliphatic heterocycles. The molecular formula is C11H15BrN2O2. The Kier molecular flexibility index (Phi) is 3.35. The molecule has 1 aliphatic rings. The summed E-state index contributed by atoms with van der Waals surface area (Å²) in [4.78, 5) is 16.5. The van der Waals surface area contributed by atoms with Gasteiger partial charge >= 0.3 is 0 Å². The van der Waals surface area contributed by atoms with Gasteiger partial charge in [-0.05, 0) is 40.8 Å². The summed E-state index contributed by atoms with van der Waals surface area (Å²) in [6, 6.07) is 1.77. The zero-order chi connectivity index (χ0) is 11.7. The Bertz CT molecular complexity index is 385. The van der Waals surface area contributed by atoms with Crippen LogP contribution in [0.15, 0.2) is 16.7 Å². The number of aromatic nitrogens is 1. The lowest BCUT2D eigenvalue weighted by Gasteiger charge is -2.34. The van der Waals surface area contributed by atoms with Crippen molar-refractivity contribution >= 4 is 21.8 Å². The predicted octanol–water partition coefficient (Wildman–Crippen LogP) is 1.62. The van der Waals surface area contributed by atoms with Crippen LogP contribution in [0, 0.1) is 5.92 Å². The van der Waals surface area contributed by atoms with Crippen molar-refractivity contribution in [3.05, 3.63) is 22.4 Å². The van der Waals surface area contributed by atoms with E-state index in [9.17, 15) is 9.90 Å². The fourth-order valence-corrected chi connectivity index (χ4v) is 2.36. The van der Waals surface area contributed by atoms with Crippen LogP contribution in [0.25, 0.3) is 0 Å². The van der Waals surface area contributed by atoms with Gasteiger partial charge in [-0.1, -0.05) is 0 Å². The van der Waals surface area contributed by atoms with Crippen molar-refractivity contribution in [2.75, 3.05) is 13.6 Å². The van der Waals surface area contributed by atoms with Crippen molar-refractivity contribution in [3.63, 3.8) is 0 Å². The number of halogens is 1. The summed E-state index contributed by atoms with van der Waals surface area (Å²) in [6.45, 7) is 0.715. The van der Waals surface area contributed by atoms with Crippen LogP contribution in [0.5, 0.6) is 0 Å². The molecule has 1 aromatic rings. The molecule has 0 saturated heterocycles. The summed E-state index contributed by atoms with van der Waals surface area (Å²) < 4.78 is 0.878. The largest absolute Gasteiger partial charge is 0.393 e. The Morgan fingerprint density at radius 1 is 1.69 bits per heavy atom. The Hall–Kier alpha value is -0.810. The monoisotopic (exact) mass is 286 g/mol. The van der Waals surface area contributed by atoms with Gasteiger partial charge in [0.05, 0.1) is 6.10 Å². The Morgan fingerprint density at radius 2 is 2.38 bits per heavy atom. The van der Waals surface area contributed by atoms with Crippen molar-refractivity contribution in [2.24, 2.45) is 5.92 Å². The number of carbonyl (C=O) groups is 1. The standard InChI is InChI=1S/C11H15BrN2O2/c1-14(6-7-2-9(15)3-7)11(16)10-4-8(12)5-13-10/h4-5,7,9,13,15H,2-3,6H2,1H3. The van der Waals surface area contributed by atoms with Gasteiger partial charge in [0.15, 0.2) is 0 Å². The first-order chi connectivity index (χ1) is 7.56. The van der Waals surface area contributed by atoms with Gasteiger partial charge in [0, 0.05) is 24.3 Å². The van der Waals surface area contributed by atoms with Crippen LogP contribution >= 0.6 is 15.9 Å². The molecule has 88 valence electrons. The highest BCUT2D eigenvalue weighted by atomic mass is 79.9. The third kappa shape index (κ3) is 2.47. The number of aliphatic hydroxyl groups is 1. The molecule has 1 amide bonds. The SMILES string of the molecule is CN(CC1CC(O)C1)C(=O)c1cc(Br)c[nH]1. The fourth-order valence-electron chi connectivity index (χ4n) is 2.02. The fraction of sp³-hybridized carbons (Fsp3) is 0.545. The van der Waals surface area contributed by atoms with Crippen molar-refractivity contribution in [1.82, 2.24) is 9.88 Å². The van der Waals surface area contributed by atoms with Crippen LogP contribution in [-0.4, -0.2) is 40.6 Å². The van der Waals surface area contributed by atoms with Gasteiger partial charge in [-0.2, -0.15) is 0 Å². The number of rotatable bonds is 3. The first-order valence-electron chi connectivity index (χ1n) is 5.33. The van der Waals surface area contributed by atoms with Crippen molar-refractivity contribution < 1.29 is 9.90 Å². The van der Waals surface area contributed by atoms with E-state index in [4.69, 9.17) is 0 Å². The molecule has 4 nitrogen and oxygen atoms in total. The van der Waals surface area contributed by atoms with Crippen LogP contribution in [0.4, 0.5) is 0 Å². The van der Waals surface area contributed by atoms with Crippen molar-refractivity contribution in [3.8, 4) is 0 Å². The van der Waals surface area contributed by atoms with E-state index < -0.39 is 0 Å². The second-order valence-corrected chi connectivity index (χ2v) is 5.32. The molecule has 5 heteroatoms. The second-order valence-electron chi connectivity index (χ2n) is 4.41. The first kappa shape index (κ1) is 11.7. The molecule has 0 unspecified atom stereocenters. The summed E-state index contributed by atoms with van der Waals surface area (Å²) >= 11 is 3.30. The first-order valence-corrected chi connectivity index (χ1v) is 6.13. The van der Waals surface area contributed by atoms with E-state index in [1.807, 2.05) is 0 Å². The van der Waals surface area contributed by atoms with E-state index in [1.165, 1.54) is 0 Å². The van der Waals surface area contributed by atoms with Crippen molar-refractivity contribution in [2.45, 2.75) is 18.9 Å². The number of H-pyrrole nitrogens is 1. The number of carbonyl (C=O) groups excluding carboxylic acids is 1. The number of hydrogen-bond acceptors (Lipinski definition) is 2. The lowest BCUT2D eigenvalue weighted by molar-refractivity contribution is 0.0264. The highest BCUT2D eigenvalue weighted by Crippen LogP contribution is 2.27. The molecule has 2 rings (SSSR count). The van der Waals surface area contributed by atoms with Gasteiger partial charge in [0.1, 0.15) is 5.69 Å². The maximum absolute atomic E-state index is 11.9. The molecule has 1 aliphatic carbocycles. The van der Waals surface area contributed by atoms with Crippen molar-refractivity contribution in [1.29, 1.82) is 0 Å². The molecule has 2 N–H and O–H groups in total. The zero-order valence-electron chi connectivity index (χ0n) is 9.11. The quantitative estimate of drug-likeness (QED) is 0.887. The van der Waals surface area contributed by atoms with Crippen LogP contribution in [0.3, 0.4) is 0 Å². The van der Waals surface area contributed by atoms with E-state index in [0.29, 0.717) is 18.2 Å². The Balaban J connectivity index is 1.89. The summed E-state index contributed by atoms with van der Waals surface area (Å²) in [5.41, 5.74) is 0.592. The van der Waals surface area contributed by atoms with E-state index >= 15 is 0 Å². The van der Waals surface area contributed by atoms with Crippen LogP contribution in [-0.2, 0) is 0 Å². The minimum Gasteiger partial charge on any atom is -0.393 e. The van der Waals surface area contributed by atoms with E-state index in [-0.39, 0.29) is 12.0 Å². The summed E-state index contributed by atoms with van der Waals surface area (Å²) in [7, 11) is 1.79. The molecule has 1 aromatic heterocycles. The molecular weight excluding hydrogens is 272 g/mol. The minimum atomic E-state index is -0.159. The van der Waals surface area contributed by atoms with E-state index in [2.05, 4.69) is 20.9 Å². The third-order valence-corrected chi connectivity index (χ3v) is 3.43. The van der Waals surface area contributed by atoms with Gasteiger partial charge in [0.25, 0.3) is 5.91 Å². The van der Waals surface area contributed by atoms with E-state index in [1.54, 1.807) is 24.2 Å². The number of aromatic amines is 1. The van der Waals surface area contributed by atoms with Gasteiger partial charge in [-0.25, -0.2) is 0 Å². The van der Waals surface area contributed by atoms with Crippen LogP contribution in [0.1, 0.15) is 23.3 Å². The lowest BCUT2D eigenvalue weighted by Crippen LogP contribution is -2.39. The van der Waals surface area contributed by atoms with Gasteiger partial charge in [-0.3, -0.25) is 4.79 Å². The molecule has 1 heterocycles. The number of nitrogens with zero attached hydrogens (tertiary/aromatic N) is 1. The topological polar surface area (TPSA) is 56.3 Å². The Morgan fingerprint density at radius 3 is 2.88 bits per heavy atom. The number of amides is 1. The lowest BCUT2D eigenvalue weighted by atomic mass is 9.82. The van der Waals surface area contributed by atoms with Gasteiger partial charge in [0.2, 0.25) is 0 Å². The number of hydrogen-bond donors (Lipinski definition) is 2. The normalized spacial score (nSPS) is 23.9. The molecule has 0 spiro atoms. The Labute approximate surface area is 103 Å². The number of aliphatic hydroxyl groups excluding tert-OH is 1. The minimum absolute atomic E-state index is 0.00732. The molecule has 0 aromatic carbocycles. The predicted molar refractivity (Wildman–Crippen MR) is 64.2 cm³/mol. The molecule has 1 fully saturated rings. The van der Waals surface area contributed by atoms with Gasteiger partial charge < -0.3 is 15.0 Å². The molecule has 1 saturated carbocycles. The van der Waals surface area contributed by atoms with Crippen LogP contribution < -0.4 is 0 Å². The average molecular weight is 287 g/mol. The smallest absolute Gasteiger partial charge is 0.270 e. The average Bonchev–Trinajstić information content (AvgIpc) is 2.61. The maximum atomic E-state index is 11.9. The molecule has 0 radical (unpaired) electrons. The molecule has 0 atom stereocenters.